The Morgan fingerprint density at radius 2 is 1.92 bits per heavy atom. The van der Waals surface area contributed by atoms with Gasteiger partial charge in [0.1, 0.15) is 5.75 Å². The van der Waals surface area contributed by atoms with E-state index in [-0.39, 0.29) is 5.91 Å². The van der Waals surface area contributed by atoms with Crippen LogP contribution >= 0.6 is 12.2 Å². The molecule has 1 N–H and O–H groups in total. The van der Waals surface area contributed by atoms with Gasteiger partial charge in [-0.15, -0.1) is 0 Å². The summed E-state index contributed by atoms with van der Waals surface area (Å²) in [6.45, 7) is 2.82. The predicted molar refractivity (Wildman–Crippen MR) is 111 cm³/mol. The van der Waals surface area contributed by atoms with Crippen molar-refractivity contribution in [2.45, 2.75) is 70.8 Å². The van der Waals surface area contributed by atoms with Gasteiger partial charge >= 0.3 is 0 Å². The molecule has 0 atom stereocenters. The number of para-hydroxylation sites is 1. The maximum Gasteiger partial charge on any atom is 0.261 e. The second kappa shape index (κ2) is 11.2. The lowest BCUT2D eigenvalue weighted by Crippen LogP contribution is -2.46. The Hall–Kier alpha value is -1.62. The Morgan fingerprint density at radius 1 is 1.19 bits per heavy atom. The van der Waals surface area contributed by atoms with Crippen LogP contribution in [0, 0.1) is 0 Å². The first-order valence-corrected chi connectivity index (χ1v) is 10.3. The van der Waals surface area contributed by atoms with Crippen molar-refractivity contribution in [2.24, 2.45) is 0 Å². The maximum atomic E-state index is 12.7. The molecule has 1 amide bonds. The van der Waals surface area contributed by atoms with Gasteiger partial charge in [0.15, 0.2) is 5.11 Å². The monoisotopic (exact) mass is 376 g/mol. The summed E-state index contributed by atoms with van der Waals surface area (Å²) in [5, 5.41) is 3.38. The highest BCUT2D eigenvalue weighted by Crippen LogP contribution is 2.22. The molecule has 0 saturated heterocycles. The fourth-order valence-corrected chi connectivity index (χ4v) is 3.62. The van der Waals surface area contributed by atoms with E-state index in [2.05, 4.69) is 12.2 Å². The van der Waals surface area contributed by atoms with E-state index in [0.29, 0.717) is 29.1 Å². The largest absolute Gasteiger partial charge is 0.493 e. The number of rotatable bonds is 8. The molecule has 2 rings (SSSR count). The number of nitrogens with zero attached hydrogens (tertiary/aromatic N) is 1. The van der Waals surface area contributed by atoms with Crippen LogP contribution in [0.3, 0.4) is 0 Å². The number of unbranched alkanes of at least 4 members (excludes halogenated alkanes) is 3. The van der Waals surface area contributed by atoms with Gasteiger partial charge in [-0.05, 0) is 43.6 Å². The zero-order valence-electron chi connectivity index (χ0n) is 16.1. The Bertz CT molecular complexity index is 585. The topological polar surface area (TPSA) is 41.6 Å². The van der Waals surface area contributed by atoms with E-state index in [1.54, 1.807) is 6.07 Å². The van der Waals surface area contributed by atoms with Crippen LogP contribution < -0.4 is 10.1 Å². The van der Waals surface area contributed by atoms with Gasteiger partial charge in [0.05, 0.1) is 12.2 Å². The summed E-state index contributed by atoms with van der Waals surface area (Å²) in [6.07, 6.45) is 10.6. The summed E-state index contributed by atoms with van der Waals surface area (Å²) >= 11 is 5.47. The first-order chi connectivity index (χ1) is 12.6. The number of amides is 1. The quantitative estimate of drug-likeness (QED) is 0.516. The molecule has 1 aliphatic rings. The van der Waals surface area contributed by atoms with Crippen LogP contribution in [-0.4, -0.2) is 35.6 Å². The first-order valence-electron chi connectivity index (χ1n) is 9.93. The van der Waals surface area contributed by atoms with Gasteiger partial charge < -0.3 is 9.64 Å². The summed E-state index contributed by atoms with van der Waals surface area (Å²) in [7, 11) is 1.98. The molecule has 0 aliphatic heterocycles. The van der Waals surface area contributed by atoms with Gasteiger partial charge in [0.25, 0.3) is 5.91 Å². The van der Waals surface area contributed by atoms with E-state index in [4.69, 9.17) is 17.0 Å². The Kier molecular flexibility index (Phi) is 8.89. The third-order valence-electron chi connectivity index (χ3n) is 5.05. The second-order valence-corrected chi connectivity index (χ2v) is 7.45. The van der Waals surface area contributed by atoms with Gasteiger partial charge in [-0.1, -0.05) is 57.6 Å². The smallest absolute Gasteiger partial charge is 0.261 e. The number of nitrogens with one attached hydrogen (secondary N) is 1. The van der Waals surface area contributed by atoms with Crippen molar-refractivity contribution >= 4 is 23.2 Å². The molecule has 144 valence electrons. The first kappa shape index (κ1) is 20.7. The van der Waals surface area contributed by atoms with Crippen molar-refractivity contribution in [2.75, 3.05) is 13.7 Å². The zero-order chi connectivity index (χ0) is 18.8. The molecule has 1 aliphatic carbocycles. The molecule has 1 aromatic rings. The maximum absolute atomic E-state index is 12.7. The molecule has 1 saturated carbocycles. The fraction of sp³-hybridized carbons (Fsp3) is 0.619. The number of carbonyl (C=O) groups is 1. The number of benzene rings is 1. The van der Waals surface area contributed by atoms with E-state index in [9.17, 15) is 4.79 Å². The zero-order valence-corrected chi connectivity index (χ0v) is 16.9. The van der Waals surface area contributed by atoms with Gasteiger partial charge in [-0.2, -0.15) is 0 Å². The van der Waals surface area contributed by atoms with E-state index in [0.717, 1.165) is 25.7 Å². The van der Waals surface area contributed by atoms with Crippen LogP contribution in [-0.2, 0) is 0 Å². The van der Waals surface area contributed by atoms with Crippen molar-refractivity contribution in [3.63, 3.8) is 0 Å². The molecule has 0 radical (unpaired) electrons. The van der Waals surface area contributed by atoms with Crippen LogP contribution in [0.1, 0.15) is 75.1 Å². The van der Waals surface area contributed by atoms with Gasteiger partial charge in [0.2, 0.25) is 0 Å². The number of ether oxygens (including phenoxy) is 1. The van der Waals surface area contributed by atoms with Crippen molar-refractivity contribution < 1.29 is 9.53 Å². The molecule has 26 heavy (non-hydrogen) atoms. The molecule has 0 unspecified atom stereocenters. The van der Waals surface area contributed by atoms with E-state index < -0.39 is 0 Å². The van der Waals surface area contributed by atoms with Crippen LogP contribution in [0.25, 0.3) is 0 Å². The van der Waals surface area contributed by atoms with Crippen molar-refractivity contribution in [3.05, 3.63) is 29.8 Å². The molecule has 0 bridgehead atoms. The Balaban J connectivity index is 1.90. The van der Waals surface area contributed by atoms with Gasteiger partial charge in [0, 0.05) is 13.1 Å². The number of carbonyl (C=O) groups excluding carboxylic acids is 1. The van der Waals surface area contributed by atoms with Crippen molar-refractivity contribution in [1.82, 2.24) is 10.2 Å². The second-order valence-electron chi connectivity index (χ2n) is 7.07. The Morgan fingerprint density at radius 3 is 2.65 bits per heavy atom. The predicted octanol–water partition coefficient (Wildman–Crippen LogP) is 4.92. The molecule has 5 heteroatoms. The standard InChI is InChI=1S/C21H32N2O2S/c1-3-4-5-11-16-25-19-15-10-9-14-18(19)20(24)22-21(26)23(2)17-12-7-6-8-13-17/h9-10,14-15,17H,3-8,11-13,16H2,1-2H3,(H,22,24,26). The minimum atomic E-state index is -0.193. The Labute approximate surface area is 163 Å². The fourth-order valence-electron chi connectivity index (χ4n) is 3.38. The molecule has 0 heterocycles. The average Bonchev–Trinajstić information content (AvgIpc) is 2.68. The molecule has 0 aromatic heterocycles. The lowest BCUT2D eigenvalue weighted by Gasteiger charge is -2.32. The van der Waals surface area contributed by atoms with Crippen molar-refractivity contribution in [1.29, 1.82) is 0 Å². The highest BCUT2D eigenvalue weighted by molar-refractivity contribution is 7.80. The summed E-state index contributed by atoms with van der Waals surface area (Å²) in [4.78, 5) is 14.7. The summed E-state index contributed by atoms with van der Waals surface area (Å²) < 4.78 is 5.85. The van der Waals surface area contributed by atoms with Crippen molar-refractivity contribution in [3.8, 4) is 5.75 Å². The molecule has 4 nitrogen and oxygen atoms in total. The van der Waals surface area contributed by atoms with Crippen LogP contribution in [0.2, 0.25) is 0 Å². The summed E-state index contributed by atoms with van der Waals surface area (Å²) in [5.41, 5.74) is 0.544. The molecular formula is C21H32N2O2S. The lowest BCUT2D eigenvalue weighted by atomic mass is 9.95. The van der Waals surface area contributed by atoms with Crippen LogP contribution in [0.15, 0.2) is 24.3 Å². The molecule has 1 fully saturated rings. The van der Waals surface area contributed by atoms with E-state index in [1.807, 2.05) is 30.1 Å². The number of hydrogen-bond donors (Lipinski definition) is 1. The highest BCUT2D eigenvalue weighted by atomic mass is 32.1. The molecule has 1 aromatic carbocycles. The third kappa shape index (κ3) is 6.27. The molecular weight excluding hydrogens is 344 g/mol. The summed E-state index contributed by atoms with van der Waals surface area (Å²) in [5.74, 6) is 0.437. The minimum Gasteiger partial charge on any atom is -0.493 e. The van der Waals surface area contributed by atoms with E-state index in [1.165, 1.54) is 32.1 Å². The number of thiocarbonyl (C=S) groups is 1. The number of hydrogen-bond acceptors (Lipinski definition) is 3. The highest BCUT2D eigenvalue weighted by Gasteiger charge is 2.22. The lowest BCUT2D eigenvalue weighted by molar-refractivity contribution is 0.0967. The van der Waals surface area contributed by atoms with Crippen LogP contribution in [0.4, 0.5) is 0 Å². The SMILES string of the molecule is CCCCCCOc1ccccc1C(=O)NC(=S)N(C)C1CCCCC1. The third-order valence-corrected chi connectivity index (χ3v) is 5.44. The normalized spacial score (nSPS) is 14.7. The minimum absolute atomic E-state index is 0.193. The van der Waals surface area contributed by atoms with E-state index >= 15 is 0 Å². The van der Waals surface area contributed by atoms with Gasteiger partial charge in [-0.25, -0.2) is 0 Å². The summed E-state index contributed by atoms with van der Waals surface area (Å²) in [6, 6.07) is 7.82. The van der Waals surface area contributed by atoms with Gasteiger partial charge in [-0.3, -0.25) is 10.1 Å². The average molecular weight is 377 g/mol. The molecule has 0 spiro atoms. The van der Waals surface area contributed by atoms with Crippen LogP contribution in [0.5, 0.6) is 5.75 Å².